The predicted molar refractivity (Wildman–Crippen MR) is 81.3 cm³/mol. The second-order valence-electron chi connectivity index (χ2n) is 5.06. The van der Waals surface area contributed by atoms with E-state index in [0.717, 1.165) is 30.6 Å². The van der Waals surface area contributed by atoms with Crippen molar-refractivity contribution in [2.24, 2.45) is 0 Å². The smallest absolute Gasteiger partial charge is 0.123 e. The van der Waals surface area contributed by atoms with Gasteiger partial charge >= 0.3 is 0 Å². The summed E-state index contributed by atoms with van der Waals surface area (Å²) in [6, 6.07) is 5.76. The van der Waals surface area contributed by atoms with Gasteiger partial charge in [-0.2, -0.15) is 0 Å². The molecule has 19 heavy (non-hydrogen) atoms. The maximum atomic E-state index is 13.5. The highest BCUT2D eigenvalue weighted by Gasteiger charge is 2.18. The standard InChI is InChI=1S/C16H27FN2/c1-6-14(7-2)19(5)16-10-9-13(17)11-15(16)12(4)18-8-3/h9-12,14,18H,6-8H2,1-5H3. The Morgan fingerprint density at radius 3 is 2.37 bits per heavy atom. The molecule has 1 aromatic rings. The fourth-order valence-electron chi connectivity index (χ4n) is 2.64. The lowest BCUT2D eigenvalue weighted by Crippen LogP contribution is -2.32. The van der Waals surface area contributed by atoms with E-state index in [9.17, 15) is 4.39 Å². The molecule has 0 spiro atoms. The molecule has 0 radical (unpaired) electrons. The topological polar surface area (TPSA) is 15.3 Å². The van der Waals surface area contributed by atoms with Crippen LogP contribution in [-0.2, 0) is 0 Å². The lowest BCUT2D eigenvalue weighted by Gasteiger charge is -2.32. The lowest BCUT2D eigenvalue weighted by atomic mass is 10.0. The number of nitrogens with one attached hydrogen (secondary N) is 1. The first kappa shape index (κ1) is 16.0. The minimum absolute atomic E-state index is 0.160. The normalized spacial score (nSPS) is 12.8. The zero-order valence-electron chi connectivity index (χ0n) is 12.8. The van der Waals surface area contributed by atoms with Crippen molar-refractivity contribution in [1.29, 1.82) is 0 Å². The molecule has 0 amide bonds. The summed E-state index contributed by atoms with van der Waals surface area (Å²) in [5.74, 6) is -0.165. The molecule has 0 saturated heterocycles. The van der Waals surface area contributed by atoms with E-state index < -0.39 is 0 Å². The molecule has 1 N–H and O–H groups in total. The van der Waals surface area contributed by atoms with E-state index >= 15 is 0 Å². The summed E-state index contributed by atoms with van der Waals surface area (Å²) in [6.07, 6.45) is 2.19. The zero-order chi connectivity index (χ0) is 14.4. The number of hydrogen-bond donors (Lipinski definition) is 1. The molecule has 0 aromatic heterocycles. The van der Waals surface area contributed by atoms with Crippen molar-refractivity contribution < 1.29 is 4.39 Å². The van der Waals surface area contributed by atoms with Gasteiger partial charge in [0.2, 0.25) is 0 Å². The molecule has 108 valence electrons. The second kappa shape index (κ2) is 7.49. The minimum Gasteiger partial charge on any atom is -0.371 e. The van der Waals surface area contributed by atoms with Gasteiger partial charge in [0.05, 0.1) is 0 Å². The van der Waals surface area contributed by atoms with Gasteiger partial charge in [-0.1, -0.05) is 20.8 Å². The van der Waals surface area contributed by atoms with Gasteiger partial charge in [0.1, 0.15) is 5.82 Å². The highest BCUT2D eigenvalue weighted by molar-refractivity contribution is 5.55. The number of nitrogens with zero attached hydrogens (tertiary/aromatic N) is 1. The Balaban J connectivity index is 3.11. The van der Waals surface area contributed by atoms with Crippen LogP contribution in [0.4, 0.5) is 10.1 Å². The van der Waals surface area contributed by atoms with Crippen LogP contribution in [0.25, 0.3) is 0 Å². The summed E-state index contributed by atoms with van der Waals surface area (Å²) in [4.78, 5) is 2.28. The maximum absolute atomic E-state index is 13.5. The van der Waals surface area contributed by atoms with Crippen molar-refractivity contribution in [3.05, 3.63) is 29.6 Å². The van der Waals surface area contributed by atoms with E-state index in [0.29, 0.717) is 6.04 Å². The van der Waals surface area contributed by atoms with Crippen molar-refractivity contribution in [2.75, 3.05) is 18.5 Å². The van der Waals surface area contributed by atoms with E-state index in [1.807, 2.05) is 6.07 Å². The van der Waals surface area contributed by atoms with Gasteiger partial charge in [-0.25, -0.2) is 4.39 Å². The highest BCUT2D eigenvalue weighted by Crippen LogP contribution is 2.29. The molecular weight excluding hydrogens is 239 g/mol. The Morgan fingerprint density at radius 1 is 1.21 bits per heavy atom. The van der Waals surface area contributed by atoms with Gasteiger partial charge in [-0.15, -0.1) is 0 Å². The molecule has 0 bridgehead atoms. The van der Waals surface area contributed by atoms with Gasteiger partial charge in [-0.05, 0) is 50.1 Å². The fourth-order valence-corrected chi connectivity index (χ4v) is 2.64. The molecule has 2 nitrogen and oxygen atoms in total. The third kappa shape index (κ3) is 3.93. The third-order valence-corrected chi connectivity index (χ3v) is 3.84. The van der Waals surface area contributed by atoms with E-state index in [-0.39, 0.29) is 11.9 Å². The summed E-state index contributed by atoms with van der Waals surface area (Å²) in [7, 11) is 2.10. The van der Waals surface area contributed by atoms with Crippen LogP contribution in [0, 0.1) is 5.82 Å². The molecule has 0 saturated carbocycles. The summed E-state index contributed by atoms with van der Waals surface area (Å²) in [6.45, 7) is 9.43. The average molecular weight is 266 g/mol. The Labute approximate surface area is 117 Å². The van der Waals surface area contributed by atoms with Gasteiger partial charge in [0, 0.05) is 24.8 Å². The summed E-state index contributed by atoms with van der Waals surface area (Å²) < 4.78 is 13.5. The van der Waals surface area contributed by atoms with Crippen LogP contribution in [0.15, 0.2) is 18.2 Å². The van der Waals surface area contributed by atoms with Gasteiger partial charge in [-0.3, -0.25) is 0 Å². The molecule has 1 rings (SSSR count). The zero-order valence-corrected chi connectivity index (χ0v) is 12.8. The van der Waals surface area contributed by atoms with E-state index in [1.54, 1.807) is 12.1 Å². The first-order valence-corrected chi connectivity index (χ1v) is 7.30. The maximum Gasteiger partial charge on any atom is 0.123 e. The van der Waals surface area contributed by atoms with Crippen LogP contribution in [0.2, 0.25) is 0 Å². The first-order valence-electron chi connectivity index (χ1n) is 7.30. The Kier molecular flexibility index (Phi) is 6.29. The van der Waals surface area contributed by atoms with Gasteiger partial charge in [0.25, 0.3) is 0 Å². The monoisotopic (exact) mass is 266 g/mol. The van der Waals surface area contributed by atoms with Gasteiger partial charge in [0.15, 0.2) is 0 Å². The molecule has 0 aliphatic carbocycles. The molecule has 0 heterocycles. The minimum atomic E-state index is -0.165. The number of halogens is 1. The van der Waals surface area contributed by atoms with Crippen LogP contribution in [-0.4, -0.2) is 19.6 Å². The molecule has 1 aromatic carbocycles. The van der Waals surface area contributed by atoms with Crippen molar-refractivity contribution in [2.45, 2.75) is 52.6 Å². The molecule has 1 unspecified atom stereocenters. The summed E-state index contributed by atoms with van der Waals surface area (Å²) in [5, 5.41) is 3.37. The Hall–Kier alpha value is -1.09. The summed E-state index contributed by atoms with van der Waals surface area (Å²) in [5.41, 5.74) is 2.17. The average Bonchev–Trinajstić information content (AvgIpc) is 2.40. The quantitative estimate of drug-likeness (QED) is 0.798. The van der Waals surface area contributed by atoms with E-state index in [1.165, 1.54) is 0 Å². The van der Waals surface area contributed by atoms with Crippen LogP contribution in [0.5, 0.6) is 0 Å². The van der Waals surface area contributed by atoms with Crippen molar-refractivity contribution in [3.63, 3.8) is 0 Å². The molecule has 3 heteroatoms. The van der Waals surface area contributed by atoms with Crippen molar-refractivity contribution in [1.82, 2.24) is 5.32 Å². The first-order chi connectivity index (χ1) is 9.04. The number of benzene rings is 1. The van der Waals surface area contributed by atoms with Crippen LogP contribution < -0.4 is 10.2 Å². The number of hydrogen-bond acceptors (Lipinski definition) is 2. The Morgan fingerprint density at radius 2 is 1.84 bits per heavy atom. The largest absolute Gasteiger partial charge is 0.371 e. The Bertz CT molecular complexity index is 388. The van der Waals surface area contributed by atoms with Crippen molar-refractivity contribution >= 4 is 5.69 Å². The van der Waals surface area contributed by atoms with Crippen LogP contribution in [0.3, 0.4) is 0 Å². The SMILES string of the molecule is CCNC(C)c1cc(F)ccc1N(C)C(CC)CC. The van der Waals surface area contributed by atoms with Crippen LogP contribution >= 0.6 is 0 Å². The molecule has 1 atom stereocenters. The highest BCUT2D eigenvalue weighted by atomic mass is 19.1. The fraction of sp³-hybridized carbons (Fsp3) is 0.625. The summed E-state index contributed by atoms with van der Waals surface area (Å²) >= 11 is 0. The second-order valence-corrected chi connectivity index (χ2v) is 5.06. The molecular formula is C16H27FN2. The molecule has 0 aliphatic heterocycles. The lowest BCUT2D eigenvalue weighted by molar-refractivity contribution is 0.563. The molecule has 0 aliphatic rings. The van der Waals surface area contributed by atoms with E-state index in [4.69, 9.17) is 0 Å². The number of rotatable bonds is 7. The van der Waals surface area contributed by atoms with Crippen LogP contribution in [0.1, 0.15) is 52.1 Å². The number of anilines is 1. The molecule has 0 fully saturated rings. The van der Waals surface area contributed by atoms with E-state index in [2.05, 4.69) is 45.0 Å². The van der Waals surface area contributed by atoms with Gasteiger partial charge < -0.3 is 10.2 Å². The third-order valence-electron chi connectivity index (χ3n) is 3.84. The van der Waals surface area contributed by atoms with Crippen molar-refractivity contribution in [3.8, 4) is 0 Å². The predicted octanol–water partition coefficient (Wildman–Crippen LogP) is 4.12.